The Morgan fingerprint density at radius 2 is 1.88 bits per heavy atom. The number of aryl methyl sites for hydroxylation is 2. The van der Waals surface area contributed by atoms with Crippen LogP contribution in [0.15, 0.2) is 47.4 Å². The van der Waals surface area contributed by atoms with Crippen LogP contribution in [0.1, 0.15) is 46.1 Å². The van der Waals surface area contributed by atoms with Gasteiger partial charge in [-0.2, -0.15) is 0 Å². The number of nitrogens with two attached hydrogens (primary N) is 1. The lowest BCUT2D eigenvalue weighted by molar-refractivity contribution is 0.0688. The molecule has 0 unspecified atom stereocenters. The minimum atomic E-state index is -1.22. The molecule has 1 amide bonds. The number of amides is 1. The minimum absolute atomic E-state index is 0.0730. The molecular formula is C28H26N6O6. The fraction of sp³-hybridized carbons (Fsp3) is 0.214. The molecule has 0 aliphatic rings. The Bertz CT molecular complexity index is 1730. The van der Waals surface area contributed by atoms with Crippen molar-refractivity contribution in [3.05, 3.63) is 65.6 Å². The van der Waals surface area contributed by atoms with E-state index in [1.54, 1.807) is 49.1 Å². The van der Waals surface area contributed by atoms with E-state index in [-0.39, 0.29) is 41.9 Å². The molecule has 0 radical (unpaired) electrons. The average molecular weight is 543 g/mol. The maximum atomic E-state index is 12.3. The van der Waals surface area contributed by atoms with Gasteiger partial charge in [0.1, 0.15) is 17.2 Å². The number of carbonyl (C=O) groups excluding carboxylic acids is 1. The van der Waals surface area contributed by atoms with E-state index in [4.69, 9.17) is 24.7 Å². The number of aromatic carboxylic acids is 1. The van der Waals surface area contributed by atoms with Crippen LogP contribution in [-0.2, 0) is 0 Å². The average Bonchev–Trinajstić information content (AvgIpc) is 3.47. The summed E-state index contributed by atoms with van der Waals surface area (Å²) in [5.41, 5.74) is 9.30. The van der Waals surface area contributed by atoms with Gasteiger partial charge in [0, 0.05) is 46.7 Å². The van der Waals surface area contributed by atoms with Gasteiger partial charge in [-0.1, -0.05) is 5.16 Å². The van der Waals surface area contributed by atoms with E-state index in [2.05, 4.69) is 15.1 Å². The molecule has 3 N–H and O–H groups in total. The number of nitrogens with zero attached hydrogens (tertiary/aromatic N) is 5. The molecule has 0 aromatic carbocycles. The van der Waals surface area contributed by atoms with E-state index in [9.17, 15) is 14.7 Å². The van der Waals surface area contributed by atoms with Crippen molar-refractivity contribution in [3.63, 3.8) is 0 Å². The monoisotopic (exact) mass is 542 g/mol. The number of ether oxygens (including phenoxy) is 2. The highest BCUT2D eigenvalue weighted by molar-refractivity contribution is 6.02. The van der Waals surface area contributed by atoms with Gasteiger partial charge in [-0.15, -0.1) is 0 Å². The number of carbonyl (C=O) groups is 2. The van der Waals surface area contributed by atoms with Crippen LogP contribution in [0, 0.1) is 13.8 Å². The molecule has 0 aliphatic heterocycles. The first-order valence-electron chi connectivity index (χ1n) is 12.5. The van der Waals surface area contributed by atoms with Crippen molar-refractivity contribution in [2.75, 3.05) is 13.2 Å². The van der Waals surface area contributed by atoms with Gasteiger partial charge in [0.15, 0.2) is 11.5 Å². The third-order valence-electron chi connectivity index (χ3n) is 6.27. The predicted octanol–water partition coefficient (Wildman–Crippen LogP) is 4.35. The number of hydrogen-bond donors (Lipinski definition) is 2. The highest BCUT2D eigenvalue weighted by atomic mass is 16.5. The summed E-state index contributed by atoms with van der Waals surface area (Å²) in [7, 11) is 0. The van der Waals surface area contributed by atoms with Gasteiger partial charge in [-0.3, -0.25) is 9.36 Å². The van der Waals surface area contributed by atoms with Crippen molar-refractivity contribution in [1.82, 2.24) is 24.7 Å². The van der Waals surface area contributed by atoms with E-state index in [1.165, 1.54) is 6.07 Å². The Morgan fingerprint density at radius 3 is 2.52 bits per heavy atom. The lowest BCUT2D eigenvalue weighted by Crippen LogP contribution is -2.15. The van der Waals surface area contributed by atoms with Gasteiger partial charge in [0.2, 0.25) is 5.88 Å². The molecule has 5 rings (SSSR count). The predicted molar refractivity (Wildman–Crippen MR) is 145 cm³/mol. The summed E-state index contributed by atoms with van der Waals surface area (Å²) in [5, 5.41) is 14.4. The third kappa shape index (κ3) is 4.49. The molecule has 5 heterocycles. The molecule has 0 atom stereocenters. The lowest BCUT2D eigenvalue weighted by atomic mass is 10.0. The molecule has 204 valence electrons. The molecule has 0 bridgehead atoms. The molecular weight excluding hydrogens is 516 g/mol. The molecule has 5 aromatic rings. The van der Waals surface area contributed by atoms with Gasteiger partial charge in [0.05, 0.1) is 30.0 Å². The Kier molecular flexibility index (Phi) is 6.91. The number of hydrogen-bond acceptors (Lipinski definition) is 9. The lowest BCUT2D eigenvalue weighted by Gasteiger charge is -2.15. The first-order chi connectivity index (χ1) is 19.2. The van der Waals surface area contributed by atoms with Crippen molar-refractivity contribution in [3.8, 4) is 39.7 Å². The summed E-state index contributed by atoms with van der Waals surface area (Å²) < 4.78 is 18.8. The van der Waals surface area contributed by atoms with Crippen molar-refractivity contribution >= 4 is 22.9 Å². The minimum Gasteiger partial charge on any atom is -0.493 e. The number of fused-ring (bicyclic) bond motifs is 1. The summed E-state index contributed by atoms with van der Waals surface area (Å²) in [4.78, 5) is 37.6. The Morgan fingerprint density at radius 1 is 1.10 bits per heavy atom. The Labute approximate surface area is 228 Å². The number of carboxylic acid groups (broad SMARTS) is 1. The second-order valence-corrected chi connectivity index (χ2v) is 8.80. The number of pyridine rings is 3. The zero-order valence-corrected chi connectivity index (χ0v) is 22.3. The Balaban J connectivity index is 1.90. The van der Waals surface area contributed by atoms with Gasteiger partial charge < -0.3 is 24.8 Å². The van der Waals surface area contributed by atoms with E-state index in [0.717, 1.165) is 11.1 Å². The van der Waals surface area contributed by atoms with Crippen LogP contribution in [0.3, 0.4) is 0 Å². The zero-order chi connectivity index (χ0) is 28.6. The quantitative estimate of drug-likeness (QED) is 0.273. The molecule has 40 heavy (non-hydrogen) atoms. The molecule has 0 saturated carbocycles. The summed E-state index contributed by atoms with van der Waals surface area (Å²) in [5.74, 6) is -0.651. The van der Waals surface area contributed by atoms with Crippen molar-refractivity contribution in [2.24, 2.45) is 5.73 Å². The standard InChI is InChI=1S/C28H26N6O6/c1-5-38-21-11-20(28(36)37)32-27(39-6-2)23(21)19-13-34(25-17(24(29)35)8-7-9-30-25)26-18(19)10-16(12-31-26)22-14(3)33-40-15(22)4/h7-13H,5-6H2,1-4H3,(H2,29,35)(H,36,37). The first-order valence-corrected chi connectivity index (χ1v) is 12.5. The number of primary amides is 1. The first kappa shape index (κ1) is 26.4. The van der Waals surface area contributed by atoms with E-state index >= 15 is 0 Å². The second-order valence-electron chi connectivity index (χ2n) is 8.80. The fourth-order valence-electron chi connectivity index (χ4n) is 4.65. The van der Waals surface area contributed by atoms with Crippen LogP contribution in [0.25, 0.3) is 39.1 Å². The van der Waals surface area contributed by atoms with Gasteiger partial charge in [0.25, 0.3) is 5.91 Å². The molecule has 0 fully saturated rings. The van der Waals surface area contributed by atoms with Crippen LogP contribution in [0.4, 0.5) is 0 Å². The van der Waals surface area contributed by atoms with E-state index in [0.29, 0.717) is 33.6 Å². The van der Waals surface area contributed by atoms with Crippen molar-refractivity contribution in [2.45, 2.75) is 27.7 Å². The van der Waals surface area contributed by atoms with Gasteiger partial charge in [-0.05, 0) is 45.9 Å². The molecule has 0 spiro atoms. The topological polar surface area (TPSA) is 168 Å². The molecule has 12 heteroatoms. The second kappa shape index (κ2) is 10.5. The van der Waals surface area contributed by atoms with E-state index in [1.807, 2.05) is 19.9 Å². The smallest absolute Gasteiger partial charge is 0.354 e. The number of carboxylic acids is 1. The molecule has 12 nitrogen and oxygen atoms in total. The highest BCUT2D eigenvalue weighted by Crippen LogP contribution is 2.44. The van der Waals surface area contributed by atoms with Crippen LogP contribution in [0.2, 0.25) is 0 Å². The van der Waals surface area contributed by atoms with Crippen LogP contribution < -0.4 is 15.2 Å². The fourth-order valence-corrected chi connectivity index (χ4v) is 4.65. The summed E-state index contributed by atoms with van der Waals surface area (Å²) in [6.45, 7) is 7.69. The summed E-state index contributed by atoms with van der Waals surface area (Å²) in [6, 6.07) is 6.46. The van der Waals surface area contributed by atoms with Crippen molar-refractivity contribution in [1.29, 1.82) is 0 Å². The maximum Gasteiger partial charge on any atom is 0.354 e. The summed E-state index contributed by atoms with van der Waals surface area (Å²) in [6.07, 6.45) is 4.96. The Hall–Kier alpha value is -5.26. The number of rotatable bonds is 9. The maximum absolute atomic E-state index is 12.3. The van der Waals surface area contributed by atoms with Crippen LogP contribution >= 0.6 is 0 Å². The number of aromatic nitrogens is 5. The highest BCUT2D eigenvalue weighted by Gasteiger charge is 2.26. The van der Waals surface area contributed by atoms with Gasteiger partial charge in [-0.25, -0.2) is 19.7 Å². The summed E-state index contributed by atoms with van der Waals surface area (Å²) >= 11 is 0. The molecule has 5 aromatic heterocycles. The largest absolute Gasteiger partial charge is 0.493 e. The van der Waals surface area contributed by atoms with E-state index < -0.39 is 11.9 Å². The SMILES string of the molecule is CCOc1cc(C(=O)O)nc(OCC)c1-c1cn(-c2ncccc2C(N)=O)c2ncc(-c3c(C)noc3C)cc12. The third-order valence-corrected chi connectivity index (χ3v) is 6.27. The molecule has 0 aliphatic carbocycles. The van der Waals surface area contributed by atoms with Crippen molar-refractivity contribution < 1.29 is 28.7 Å². The van der Waals surface area contributed by atoms with Crippen LogP contribution in [0.5, 0.6) is 11.6 Å². The zero-order valence-electron chi connectivity index (χ0n) is 22.3. The molecule has 0 saturated heterocycles. The van der Waals surface area contributed by atoms with Crippen LogP contribution in [-0.4, -0.2) is 54.9 Å². The van der Waals surface area contributed by atoms with Gasteiger partial charge >= 0.3 is 5.97 Å². The normalized spacial score (nSPS) is 11.1.